The zero-order valence-corrected chi connectivity index (χ0v) is 11.3. The average molecular weight is 246 g/mol. The van der Waals surface area contributed by atoms with Gasteiger partial charge in [0.15, 0.2) is 0 Å². The molecule has 18 heavy (non-hydrogen) atoms. The number of aryl methyl sites for hydroxylation is 2. The van der Waals surface area contributed by atoms with E-state index in [-0.39, 0.29) is 0 Å². The van der Waals surface area contributed by atoms with Crippen molar-refractivity contribution in [1.82, 2.24) is 9.88 Å². The van der Waals surface area contributed by atoms with Crippen LogP contribution in [0.3, 0.4) is 0 Å². The summed E-state index contributed by atoms with van der Waals surface area (Å²) in [5, 5.41) is 4.77. The van der Waals surface area contributed by atoms with Gasteiger partial charge in [-0.25, -0.2) is 0 Å². The van der Waals surface area contributed by atoms with Crippen LogP contribution >= 0.6 is 0 Å². The van der Waals surface area contributed by atoms with Crippen LogP contribution in [0.25, 0.3) is 10.9 Å². The molecule has 0 aliphatic carbocycles. The zero-order valence-electron chi connectivity index (χ0n) is 11.3. The predicted octanol–water partition coefficient (Wildman–Crippen LogP) is 2.35. The molecule has 3 heteroatoms. The highest BCUT2D eigenvalue weighted by atomic mass is 16.5. The van der Waals surface area contributed by atoms with E-state index in [2.05, 4.69) is 47.4 Å². The standard InChI is InChI=1S/C15H22N2O/c1-17-12-13(6-5-9-16-10-11-18-2)14-7-3-4-8-15(14)17/h3-4,7-8,12,16H,5-6,9-11H2,1-2H3. The van der Waals surface area contributed by atoms with Gasteiger partial charge in [-0.3, -0.25) is 0 Å². The van der Waals surface area contributed by atoms with E-state index in [0.29, 0.717) is 0 Å². The van der Waals surface area contributed by atoms with Crippen molar-refractivity contribution in [3.63, 3.8) is 0 Å². The molecule has 2 aromatic rings. The molecule has 1 N–H and O–H groups in total. The average Bonchev–Trinajstić information content (AvgIpc) is 2.71. The van der Waals surface area contributed by atoms with Gasteiger partial charge in [0.2, 0.25) is 0 Å². The summed E-state index contributed by atoms with van der Waals surface area (Å²) in [5.74, 6) is 0. The lowest BCUT2D eigenvalue weighted by Crippen LogP contribution is -2.20. The lowest BCUT2D eigenvalue weighted by Gasteiger charge is -2.03. The van der Waals surface area contributed by atoms with E-state index in [9.17, 15) is 0 Å². The summed E-state index contributed by atoms with van der Waals surface area (Å²) < 4.78 is 7.21. The van der Waals surface area contributed by atoms with Gasteiger partial charge in [-0.05, 0) is 31.0 Å². The Hall–Kier alpha value is -1.32. The van der Waals surface area contributed by atoms with Crippen LogP contribution in [0.2, 0.25) is 0 Å². The summed E-state index contributed by atoms with van der Waals surface area (Å²) in [6, 6.07) is 8.60. The molecule has 0 radical (unpaired) electrons. The first-order valence-corrected chi connectivity index (χ1v) is 6.55. The SMILES string of the molecule is COCCNCCCc1cn(C)c2ccccc12. The highest BCUT2D eigenvalue weighted by Crippen LogP contribution is 2.21. The fraction of sp³-hybridized carbons (Fsp3) is 0.467. The summed E-state index contributed by atoms with van der Waals surface area (Å²) >= 11 is 0. The number of fused-ring (bicyclic) bond motifs is 1. The predicted molar refractivity (Wildman–Crippen MR) is 76.0 cm³/mol. The second-order valence-electron chi connectivity index (χ2n) is 4.63. The topological polar surface area (TPSA) is 26.2 Å². The maximum absolute atomic E-state index is 5.00. The summed E-state index contributed by atoms with van der Waals surface area (Å²) in [6.07, 6.45) is 4.54. The largest absolute Gasteiger partial charge is 0.383 e. The molecule has 3 nitrogen and oxygen atoms in total. The van der Waals surface area contributed by atoms with Crippen molar-refractivity contribution in [2.45, 2.75) is 12.8 Å². The Bertz CT molecular complexity index is 490. The number of hydrogen-bond donors (Lipinski definition) is 1. The molecule has 0 fully saturated rings. The summed E-state index contributed by atoms with van der Waals surface area (Å²) in [5.41, 5.74) is 2.77. The van der Waals surface area contributed by atoms with E-state index in [4.69, 9.17) is 4.74 Å². The summed E-state index contributed by atoms with van der Waals surface area (Å²) in [7, 11) is 3.85. The number of methoxy groups -OCH3 is 1. The summed E-state index contributed by atoms with van der Waals surface area (Å²) in [4.78, 5) is 0. The molecular weight excluding hydrogens is 224 g/mol. The van der Waals surface area contributed by atoms with Crippen LogP contribution in [0.1, 0.15) is 12.0 Å². The van der Waals surface area contributed by atoms with Gasteiger partial charge >= 0.3 is 0 Å². The van der Waals surface area contributed by atoms with Gasteiger partial charge in [0, 0.05) is 37.8 Å². The van der Waals surface area contributed by atoms with Crippen molar-refractivity contribution >= 4 is 10.9 Å². The maximum Gasteiger partial charge on any atom is 0.0587 e. The van der Waals surface area contributed by atoms with E-state index in [1.54, 1.807) is 7.11 Å². The Labute approximate surface area is 109 Å². The van der Waals surface area contributed by atoms with E-state index >= 15 is 0 Å². The van der Waals surface area contributed by atoms with Gasteiger partial charge in [-0.15, -0.1) is 0 Å². The van der Waals surface area contributed by atoms with Crippen molar-refractivity contribution in [3.8, 4) is 0 Å². The van der Waals surface area contributed by atoms with Crippen LogP contribution in [0.15, 0.2) is 30.5 Å². The minimum absolute atomic E-state index is 0.786. The van der Waals surface area contributed by atoms with E-state index in [0.717, 1.165) is 32.5 Å². The molecule has 0 saturated heterocycles. The normalized spacial score (nSPS) is 11.2. The van der Waals surface area contributed by atoms with Crippen molar-refractivity contribution in [2.75, 3.05) is 26.8 Å². The number of para-hydroxylation sites is 1. The second kappa shape index (κ2) is 6.57. The van der Waals surface area contributed by atoms with Crippen LogP contribution in [0, 0.1) is 0 Å². The number of nitrogens with one attached hydrogen (secondary N) is 1. The van der Waals surface area contributed by atoms with Crippen LogP contribution in [0.5, 0.6) is 0 Å². The smallest absolute Gasteiger partial charge is 0.0587 e. The van der Waals surface area contributed by atoms with Gasteiger partial charge in [-0.1, -0.05) is 18.2 Å². The van der Waals surface area contributed by atoms with Gasteiger partial charge in [0.25, 0.3) is 0 Å². The second-order valence-corrected chi connectivity index (χ2v) is 4.63. The van der Waals surface area contributed by atoms with Crippen molar-refractivity contribution in [1.29, 1.82) is 0 Å². The fourth-order valence-electron chi connectivity index (χ4n) is 2.33. The quantitative estimate of drug-likeness (QED) is 0.759. The molecule has 0 aliphatic rings. The number of hydrogen-bond acceptors (Lipinski definition) is 2. The molecule has 0 amide bonds. The molecule has 0 bridgehead atoms. The molecule has 98 valence electrons. The third kappa shape index (κ3) is 3.12. The minimum atomic E-state index is 0.786. The third-order valence-electron chi connectivity index (χ3n) is 3.26. The molecule has 1 aromatic heterocycles. The number of ether oxygens (including phenoxy) is 1. The molecule has 1 aromatic carbocycles. The highest BCUT2D eigenvalue weighted by molar-refractivity contribution is 5.83. The fourth-order valence-corrected chi connectivity index (χ4v) is 2.33. The van der Waals surface area contributed by atoms with Crippen LogP contribution < -0.4 is 5.32 Å². The molecule has 0 saturated carbocycles. The van der Waals surface area contributed by atoms with Gasteiger partial charge in [0.05, 0.1) is 6.61 Å². The van der Waals surface area contributed by atoms with E-state index < -0.39 is 0 Å². The van der Waals surface area contributed by atoms with Gasteiger partial charge < -0.3 is 14.6 Å². The molecule has 2 rings (SSSR count). The van der Waals surface area contributed by atoms with Crippen LogP contribution in [-0.2, 0) is 18.2 Å². The number of benzene rings is 1. The molecule has 1 heterocycles. The monoisotopic (exact) mass is 246 g/mol. The first-order chi connectivity index (χ1) is 8.83. The van der Waals surface area contributed by atoms with E-state index in [1.165, 1.54) is 16.5 Å². The molecule has 0 aliphatic heterocycles. The third-order valence-corrected chi connectivity index (χ3v) is 3.26. The Morgan fingerprint density at radius 2 is 2.06 bits per heavy atom. The van der Waals surface area contributed by atoms with Crippen LogP contribution in [-0.4, -0.2) is 31.4 Å². The van der Waals surface area contributed by atoms with Crippen molar-refractivity contribution < 1.29 is 4.74 Å². The molecular formula is C15H22N2O. The first-order valence-electron chi connectivity index (χ1n) is 6.55. The number of rotatable bonds is 7. The maximum atomic E-state index is 5.00. The Morgan fingerprint density at radius 3 is 2.89 bits per heavy atom. The van der Waals surface area contributed by atoms with Crippen molar-refractivity contribution in [3.05, 3.63) is 36.0 Å². The lowest BCUT2D eigenvalue weighted by molar-refractivity contribution is 0.199. The first kappa shape index (κ1) is 13.1. The zero-order chi connectivity index (χ0) is 12.8. The van der Waals surface area contributed by atoms with Gasteiger partial charge in [0.1, 0.15) is 0 Å². The molecule has 0 unspecified atom stereocenters. The molecule has 0 atom stereocenters. The van der Waals surface area contributed by atoms with Crippen molar-refractivity contribution in [2.24, 2.45) is 7.05 Å². The Balaban J connectivity index is 1.88. The minimum Gasteiger partial charge on any atom is -0.383 e. The van der Waals surface area contributed by atoms with Gasteiger partial charge in [-0.2, -0.15) is 0 Å². The lowest BCUT2D eigenvalue weighted by atomic mass is 10.1. The number of aromatic nitrogens is 1. The van der Waals surface area contributed by atoms with Crippen LogP contribution in [0.4, 0.5) is 0 Å². The van der Waals surface area contributed by atoms with E-state index in [1.807, 2.05) is 0 Å². The highest BCUT2D eigenvalue weighted by Gasteiger charge is 2.04. The summed E-state index contributed by atoms with van der Waals surface area (Å²) in [6.45, 7) is 2.77. The Kier molecular flexibility index (Phi) is 4.79. The Morgan fingerprint density at radius 1 is 1.22 bits per heavy atom. The number of nitrogens with zero attached hydrogens (tertiary/aromatic N) is 1. The molecule has 0 spiro atoms.